The maximum absolute atomic E-state index is 5.97. The average molecular weight is 247 g/mol. The molecule has 0 bridgehead atoms. The van der Waals surface area contributed by atoms with Gasteiger partial charge in [-0.2, -0.15) is 0 Å². The number of aromatic nitrogens is 2. The van der Waals surface area contributed by atoms with Gasteiger partial charge in [-0.05, 0) is 50.5 Å². The van der Waals surface area contributed by atoms with Crippen LogP contribution in [0.4, 0.5) is 0 Å². The molecular weight excluding hydrogens is 232 g/mol. The Morgan fingerprint density at radius 2 is 1.47 bits per heavy atom. The molecule has 0 saturated carbocycles. The van der Waals surface area contributed by atoms with Gasteiger partial charge in [0, 0.05) is 11.6 Å². The highest BCUT2D eigenvalue weighted by Gasteiger charge is 2.08. The van der Waals surface area contributed by atoms with Gasteiger partial charge < -0.3 is 0 Å². The molecule has 1 aromatic heterocycles. The van der Waals surface area contributed by atoms with Crippen LogP contribution in [-0.4, -0.2) is 9.97 Å². The molecular formula is C14H15ClN2. The predicted molar refractivity (Wildman–Crippen MR) is 71.4 cm³/mol. The molecule has 2 aromatic rings. The van der Waals surface area contributed by atoms with E-state index in [0.29, 0.717) is 11.0 Å². The van der Waals surface area contributed by atoms with Gasteiger partial charge in [0.1, 0.15) is 11.0 Å². The highest BCUT2D eigenvalue weighted by Crippen LogP contribution is 2.26. The van der Waals surface area contributed by atoms with E-state index in [-0.39, 0.29) is 0 Å². The van der Waals surface area contributed by atoms with Crippen LogP contribution in [-0.2, 0) is 0 Å². The summed E-state index contributed by atoms with van der Waals surface area (Å²) in [6.45, 7) is 8.16. The van der Waals surface area contributed by atoms with Gasteiger partial charge in [-0.15, -0.1) is 0 Å². The molecule has 0 radical (unpaired) electrons. The second kappa shape index (κ2) is 4.46. The molecule has 0 spiro atoms. The zero-order valence-corrected chi connectivity index (χ0v) is 11.3. The zero-order chi connectivity index (χ0) is 12.6. The number of aryl methyl sites for hydroxylation is 4. The smallest absolute Gasteiger partial charge is 0.133 e. The van der Waals surface area contributed by atoms with Gasteiger partial charge in [-0.3, -0.25) is 0 Å². The van der Waals surface area contributed by atoms with Crippen molar-refractivity contribution in [1.82, 2.24) is 9.97 Å². The maximum Gasteiger partial charge on any atom is 0.133 e. The van der Waals surface area contributed by atoms with Crippen LogP contribution in [0.15, 0.2) is 18.2 Å². The summed E-state index contributed by atoms with van der Waals surface area (Å²) >= 11 is 5.97. The molecule has 0 aliphatic rings. The Bertz CT molecular complexity index is 556. The third-order valence-electron chi connectivity index (χ3n) is 2.92. The van der Waals surface area contributed by atoms with E-state index < -0.39 is 0 Å². The van der Waals surface area contributed by atoms with E-state index in [1.165, 1.54) is 16.7 Å². The van der Waals surface area contributed by atoms with Gasteiger partial charge in [0.15, 0.2) is 0 Å². The van der Waals surface area contributed by atoms with Crippen LogP contribution in [0, 0.1) is 27.7 Å². The number of hydrogen-bond acceptors (Lipinski definition) is 2. The summed E-state index contributed by atoms with van der Waals surface area (Å²) < 4.78 is 0. The van der Waals surface area contributed by atoms with Gasteiger partial charge in [0.05, 0.1) is 5.69 Å². The van der Waals surface area contributed by atoms with E-state index in [1.807, 2.05) is 13.0 Å². The summed E-state index contributed by atoms with van der Waals surface area (Å²) in [4.78, 5) is 8.52. The standard InChI is InChI=1S/C14H15ClN2/c1-8-5-10(3)12(6-9(8)2)13-7-14(15)17-11(4)16-13/h5-7H,1-4H3. The molecule has 2 nitrogen and oxygen atoms in total. The van der Waals surface area contributed by atoms with Crippen molar-refractivity contribution in [3.05, 3.63) is 45.9 Å². The lowest BCUT2D eigenvalue weighted by Gasteiger charge is -2.10. The Balaban J connectivity index is 2.64. The van der Waals surface area contributed by atoms with Crippen LogP contribution >= 0.6 is 11.6 Å². The Hall–Kier alpha value is -1.41. The average Bonchev–Trinajstić information content (AvgIpc) is 2.22. The van der Waals surface area contributed by atoms with Crippen molar-refractivity contribution in [2.45, 2.75) is 27.7 Å². The first-order valence-electron chi connectivity index (χ1n) is 5.57. The Kier molecular flexibility index (Phi) is 3.16. The molecule has 0 saturated heterocycles. The molecule has 0 aliphatic heterocycles. The van der Waals surface area contributed by atoms with E-state index in [1.54, 1.807) is 0 Å². The number of hydrogen-bond donors (Lipinski definition) is 0. The number of nitrogens with zero attached hydrogens (tertiary/aromatic N) is 2. The van der Waals surface area contributed by atoms with Crippen LogP contribution in [0.2, 0.25) is 5.15 Å². The quantitative estimate of drug-likeness (QED) is 0.710. The van der Waals surface area contributed by atoms with Crippen molar-refractivity contribution >= 4 is 11.6 Å². The molecule has 1 heterocycles. The summed E-state index contributed by atoms with van der Waals surface area (Å²) in [6, 6.07) is 6.14. The van der Waals surface area contributed by atoms with Crippen LogP contribution in [0.1, 0.15) is 22.5 Å². The number of rotatable bonds is 1. The molecule has 0 unspecified atom stereocenters. The minimum atomic E-state index is 0.491. The van der Waals surface area contributed by atoms with Gasteiger partial charge in [0.2, 0.25) is 0 Å². The Morgan fingerprint density at radius 1 is 0.824 bits per heavy atom. The highest BCUT2D eigenvalue weighted by molar-refractivity contribution is 6.29. The lowest BCUT2D eigenvalue weighted by atomic mass is 9.99. The molecule has 88 valence electrons. The van der Waals surface area contributed by atoms with Gasteiger partial charge >= 0.3 is 0 Å². The summed E-state index contributed by atoms with van der Waals surface area (Å²) in [5, 5.41) is 0.491. The molecule has 17 heavy (non-hydrogen) atoms. The number of benzene rings is 1. The van der Waals surface area contributed by atoms with Crippen LogP contribution in [0.3, 0.4) is 0 Å². The lowest BCUT2D eigenvalue weighted by Crippen LogP contribution is -1.95. The van der Waals surface area contributed by atoms with E-state index in [9.17, 15) is 0 Å². The second-order valence-electron chi connectivity index (χ2n) is 4.37. The monoisotopic (exact) mass is 246 g/mol. The van der Waals surface area contributed by atoms with Gasteiger partial charge in [-0.1, -0.05) is 17.7 Å². The second-order valence-corrected chi connectivity index (χ2v) is 4.76. The van der Waals surface area contributed by atoms with E-state index in [2.05, 4.69) is 42.9 Å². The van der Waals surface area contributed by atoms with Gasteiger partial charge in [0.25, 0.3) is 0 Å². The molecule has 0 fully saturated rings. The normalized spacial score (nSPS) is 10.6. The molecule has 1 aromatic carbocycles. The van der Waals surface area contributed by atoms with Crippen molar-refractivity contribution in [1.29, 1.82) is 0 Å². The topological polar surface area (TPSA) is 25.8 Å². The highest BCUT2D eigenvalue weighted by atomic mass is 35.5. The SMILES string of the molecule is Cc1nc(Cl)cc(-c2cc(C)c(C)cc2C)n1. The summed E-state index contributed by atoms with van der Waals surface area (Å²) in [5.74, 6) is 0.699. The van der Waals surface area contributed by atoms with Crippen LogP contribution < -0.4 is 0 Å². The van der Waals surface area contributed by atoms with E-state index in [4.69, 9.17) is 11.6 Å². The van der Waals surface area contributed by atoms with Crippen molar-refractivity contribution in [2.24, 2.45) is 0 Å². The molecule has 3 heteroatoms. The van der Waals surface area contributed by atoms with E-state index in [0.717, 1.165) is 11.3 Å². The lowest BCUT2D eigenvalue weighted by molar-refractivity contribution is 1.06. The Labute approximate surface area is 107 Å². The van der Waals surface area contributed by atoms with Crippen LogP contribution in [0.25, 0.3) is 11.3 Å². The van der Waals surface area contributed by atoms with Crippen molar-refractivity contribution in [3.63, 3.8) is 0 Å². The van der Waals surface area contributed by atoms with Crippen molar-refractivity contribution < 1.29 is 0 Å². The summed E-state index contributed by atoms with van der Waals surface area (Å²) in [5.41, 5.74) is 5.78. The summed E-state index contributed by atoms with van der Waals surface area (Å²) in [7, 11) is 0. The maximum atomic E-state index is 5.97. The number of halogens is 1. The van der Waals surface area contributed by atoms with Gasteiger partial charge in [-0.25, -0.2) is 9.97 Å². The first kappa shape index (κ1) is 12.1. The summed E-state index contributed by atoms with van der Waals surface area (Å²) in [6.07, 6.45) is 0. The Morgan fingerprint density at radius 3 is 2.12 bits per heavy atom. The molecule has 2 rings (SSSR count). The molecule has 0 N–H and O–H groups in total. The first-order chi connectivity index (χ1) is 7.97. The molecule has 0 atom stereocenters. The van der Waals surface area contributed by atoms with Crippen LogP contribution in [0.5, 0.6) is 0 Å². The third-order valence-corrected chi connectivity index (χ3v) is 3.12. The largest absolute Gasteiger partial charge is 0.233 e. The van der Waals surface area contributed by atoms with E-state index >= 15 is 0 Å². The fourth-order valence-electron chi connectivity index (χ4n) is 1.91. The van der Waals surface area contributed by atoms with Crippen molar-refractivity contribution in [2.75, 3.05) is 0 Å². The zero-order valence-electron chi connectivity index (χ0n) is 10.5. The molecule has 0 aliphatic carbocycles. The molecule has 0 amide bonds. The fraction of sp³-hybridized carbons (Fsp3) is 0.286. The predicted octanol–water partition coefficient (Wildman–Crippen LogP) is 4.03. The fourth-order valence-corrected chi connectivity index (χ4v) is 2.13. The third kappa shape index (κ3) is 2.47. The minimum absolute atomic E-state index is 0.491. The minimum Gasteiger partial charge on any atom is -0.233 e. The first-order valence-corrected chi connectivity index (χ1v) is 5.94. The van der Waals surface area contributed by atoms with Crippen molar-refractivity contribution in [3.8, 4) is 11.3 Å².